The SMILES string of the molecule is CC(C)CC(C)OCC(O)CNc1cccc(F)c1F. The fraction of sp³-hybridized carbons (Fsp3) is 0.600. The van der Waals surface area contributed by atoms with Crippen molar-refractivity contribution in [1.29, 1.82) is 0 Å². The van der Waals surface area contributed by atoms with Gasteiger partial charge >= 0.3 is 0 Å². The lowest BCUT2D eigenvalue weighted by atomic mass is 10.1. The van der Waals surface area contributed by atoms with Gasteiger partial charge in [0, 0.05) is 6.54 Å². The van der Waals surface area contributed by atoms with Gasteiger partial charge in [-0.05, 0) is 31.4 Å². The molecule has 0 saturated heterocycles. The first-order valence-corrected chi connectivity index (χ1v) is 6.87. The molecule has 0 aliphatic carbocycles. The maximum Gasteiger partial charge on any atom is 0.181 e. The number of rotatable bonds is 8. The normalized spacial score (nSPS) is 14.3. The Balaban J connectivity index is 2.33. The third-order valence-corrected chi connectivity index (χ3v) is 2.86. The largest absolute Gasteiger partial charge is 0.389 e. The third kappa shape index (κ3) is 5.84. The second kappa shape index (κ2) is 8.17. The summed E-state index contributed by atoms with van der Waals surface area (Å²) in [6.45, 7) is 6.42. The van der Waals surface area contributed by atoms with Crippen molar-refractivity contribution in [3.05, 3.63) is 29.8 Å². The van der Waals surface area contributed by atoms with Gasteiger partial charge in [-0.25, -0.2) is 8.78 Å². The number of nitrogens with one attached hydrogen (secondary N) is 1. The number of halogens is 2. The monoisotopic (exact) mass is 287 g/mol. The lowest BCUT2D eigenvalue weighted by Gasteiger charge is -2.18. The van der Waals surface area contributed by atoms with E-state index in [-0.39, 0.29) is 24.9 Å². The molecule has 114 valence electrons. The van der Waals surface area contributed by atoms with E-state index in [2.05, 4.69) is 19.2 Å². The number of anilines is 1. The van der Waals surface area contributed by atoms with Gasteiger partial charge in [-0.15, -0.1) is 0 Å². The van der Waals surface area contributed by atoms with Crippen LogP contribution in [0.1, 0.15) is 27.2 Å². The highest BCUT2D eigenvalue weighted by Gasteiger charge is 2.12. The lowest BCUT2D eigenvalue weighted by molar-refractivity contribution is -0.00445. The van der Waals surface area contributed by atoms with Gasteiger partial charge in [0.05, 0.1) is 24.5 Å². The molecule has 5 heteroatoms. The van der Waals surface area contributed by atoms with E-state index < -0.39 is 17.7 Å². The van der Waals surface area contributed by atoms with Gasteiger partial charge in [-0.1, -0.05) is 19.9 Å². The van der Waals surface area contributed by atoms with Gasteiger partial charge in [-0.2, -0.15) is 0 Å². The second-order valence-corrected chi connectivity index (χ2v) is 5.41. The predicted molar refractivity (Wildman–Crippen MR) is 75.7 cm³/mol. The van der Waals surface area contributed by atoms with E-state index in [1.807, 2.05) is 6.92 Å². The molecule has 0 aromatic heterocycles. The molecule has 0 spiro atoms. The number of aliphatic hydroxyl groups excluding tert-OH is 1. The van der Waals surface area contributed by atoms with Crippen molar-refractivity contribution in [3.63, 3.8) is 0 Å². The number of hydrogen-bond donors (Lipinski definition) is 2. The summed E-state index contributed by atoms with van der Waals surface area (Å²) in [6, 6.07) is 3.88. The molecule has 0 radical (unpaired) electrons. The number of benzene rings is 1. The van der Waals surface area contributed by atoms with Crippen LogP contribution in [0.3, 0.4) is 0 Å². The van der Waals surface area contributed by atoms with Crippen molar-refractivity contribution >= 4 is 5.69 Å². The van der Waals surface area contributed by atoms with Crippen molar-refractivity contribution in [1.82, 2.24) is 0 Å². The smallest absolute Gasteiger partial charge is 0.181 e. The van der Waals surface area contributed by atoms with E-state index in [0.717, 1.165) is 12.5 Å². The molecular weight excluding hydrogens is 264 g/mol. The Morgan fingerprint density at radius 1 is 1.25 bits per heavy atom. The van der Waals surface area contributed by atoms with E-state index in [0.29, 0.717) is 5.92 Å². The fourth-order valence-electron chi connectivity index (χ4n) is 1.93. The van der Waals surface area contributed by atoms with Crippen molar-refractivity contribution in [3.8, 4) is 0 Å². The van der Waals surface area contributed by atoms with Crippen LogP contribution in [0.15, 0.2) is 18.2 Å². The molecule has 0 heterocycles. The minimum Gasteiger partial charge on any atom is -0.389 e. The second-order valence-electron chi connectivity index (χ2n) is 5.41. The molecule has 20 heavy (non-hydrogen) atoms. The average molecular weight is 287 g/mol. The van der Waals surface area contributed by atoms with Gasteiger partial charge in [0.1, 0.15) is 0 Å². The Kier molecular flexibility index (Phi) is 6.88. The molecule has 0 aliphatic heterocycles. The summed E-state index contributed by atoms with van der Waals surface area (Å²) in [4.78, 5) is 0. The molecule has 2 unspecified atom stereocenters. The van der Waals surface area contributed by atoms with Crippen molar-refractivity contribution < 1.29 is 18.6 Å². The molecule has 0 aliphatic rings. The zero-order chi connectivity index (χ0) is 15.1. The van der Waals surface area contributed by atoms with E-state index in [9.17, 15) is 13.9 Å². The van der Waals surface area contributed by atoms with Crippen LogP contribution in [0.25, 0.3) is 0 Å². The van der Waals surface area contributed by atoms with E-state index in [1.54, 1.807) is 0 Å². The van der Waals surface area contributed by atoms with Crippen LogP contribution in [0.2, 0.25) is 0 Å². The Labute approximate surface area is 119 Å². The summed E-state index contributed by atoms with van der Waals surface area (Å²) >= 11 is 0. The lowest BCUT2D eigenvalue weighted by Crippen LogP contribution is -2.27. The van der Waals surface area contributed by atoms with Gasteiger partial charge in [0.2, 0.25) is 0 Å². The molecule has 1 rings (SSSR count). The minimum atomic E-state index is -0.936. The summed E-state index contributed by atoms with van der Waals surface area (Å²) in [6.07, 6.45) is 0.210. The van der Waals surface area contributed by atoms with Gasteiger partial charge in [0.25, 0.3) is 0 Å². The molecular formula is C15H23F2NO2. The highest BCUT2D eigenvalue weighted by Crippen LogP contribution is 2.16. The minimum absolute atomic E-state index is 0.0410. The van der Waals surface area contributed by atoms with Crippen LogP contribution in [0.5, 0.6) is 0 Å². The zero-order valence-electron chi connectivity index (χ0n) is 12.2. The third-order valence-electron chi connectivity index (χ3n) is 2.86. The highest BCUT2D eigenvalue weighted by atomic mass is 19.2. The van der Waals surface area contributed by atoms with E-state index in [1.165, 1.54) is 12.1 Å². The molecule has 1 aromatic carbocycles. The summed E-state index contributed by atoms with van der Waals surface area (Å²) in [5.74, 6) is -1.32. The quantitative estimate of drug-likeness (QED) is 0.771. The molecule has 0 fully saturated rings. The van der Waals surface area contributed by atoms with E-state index >= 15 is 0 Å². The number of aliphatic hydroxyl groups is 1. The van der Waals surface area contributed by atoms with Crippen molar-refractivity contribution in [2.75, 3.05) is 18.5 Å². The highest BCUT2D eigenvalue weighted by molar-refractivity contribution is 5.44. The Bertz CT molecular complexity index is 413. The first kappa shape index (κ1) is 16.9. The number of ether oxygens (including phenoxy) is 1. The molecule has 3 nitrogen and oxygen atoms in total. The van der Waals surface area contributed by atoms with Crippen molar-refractivity contribution in [2.24, 2.45) is 5.92 Å². The summed E-state index contributed by atoms with van der Waals surface area (Å²) < 4.78 is 31.8. The van der Waals surface area contributed by atoms with Gasteiger partial charge in [0.15, 0.2) is 11.6 Å². The topological polar surface area (TPSA) is 41.5 Å². The maximum absolute atomic E-state index is 13.4. The molecule has 0 bridgehead atoms. The Hall–Kier alpha value is -1.20. The molecule has 1 aromatic rings. The zero-order valence-corrected chi connectivity index (χ0v) is 12.2. The Morgan fingerprint density at radius 3 is 2.60 bits per heavy atom. The maximum atomic E-state index is 13.4. The van der Waals surface area contributed by atoms with Crippen LogP contribution >= 0.6 is 0 Å². The molecule has 2 N–H and O–H groups in total. The first-order chi connectivity index (χ1) is 9.40. The van der Waals surface area contributed by atoms with Crippen LogP contribution in [-0.2, 0) is 4.74 Å². The van der Waals surface area contributed by atoms with Crippen molar-refractivity contribution in [2.45, 2.75) is 39.4 Å². The standard InChI is InChI=1S/C15H23F2NO2/c1-10(2)7-11(3)20-9-12(19)8-18-14-6-4-5-13(16)15(14)17/h4-6,10-12,18-19H,7-9H2,1-3H3. The number of hydrogen-bond acceptors (Lipinski definition) is 3. The summed E-state index contributed by atoms with van der Waals surface area (Å²) in [5.41, 5.74) is 0.0410. The van der Waals surface area contributed by atoms with Crippen LogP contribution in [0, 0.1) is 17.6 Å². The summed E-state index contributed by atoms with van der Waals surface area (Å²) in [5, 5.41) is 12.4. The average Bonchev–Trinajstić information content (AvgIpc) is 2.37. The molecule has 0 saturated carbocycles. The van der Waals surface area contributed by atoms with Crippen LogP contribution in [-0.4, -0.2) is 30.5 Å². The fourth-order valence-corrected chi connectivity index (χ4v) is 1.93. The summed E-state index contributed by atoms with van der Waals surface area (Å²) in [7, 11) is 0. The molecule has 0 amide bonds. The Morgan fingerprint density at radius 2 is 1.95 bits per heavy atom. The predicted octanol–water partition coefficient (Wildman–Crippen LogP) is 3.19. The van der Waals surface area contributed by atoms with Crippen LogP contribution in [0.4, 0.5) is 14.5 Å². The molecule has 2 atom stereocenters. The van der Waals surface area contributed by atoms with Gasteiger partial charge in [-0.3, -0.25) is 0 Å². The first-order valence-electron chi connectivity index (χ1n) is 6.87. The van der Waals surface area contributed by atoms with E-state index in [4.69, 9.17) is 4.74 Å². The van der Waals surface area contributed by atoms with Gasteiger partial charge < -0.3 is 15.2 Å². The van der Waals surface area contributed by atoms with Crippen LogP contribution < -0.4 is 5.32 Å².